The van der Waals surface area contributed by atoms with Crippen LogP contribution in [0.4, 0.5) is 11.4 Å². The van der Waals surface area contributed by atoms with Gasteiger partial charge in [-0.05, 0) is 49.4 Å². The molecule has 0 spiro atoms. The Morgan fingerprint density at radius 3 is 1.97 bits per heavy atom. The van der Waals surface area contributed by atoms with E-state index in [9.17, 15) is 15.0 Å². The minimum atomic E-state index is -0.456. The summed E-state index contributed by atoms with van der Waals surface area (Å²) in [7, 11) is 0. The van der Waals surface area contributed by atoms with Crippen LogP contribution in [-0.2, 0) is 4.74 Å². The highest BCUT2D eigenvalue weighted by molar-refractivity contribution is 5.94. The largest absolute Gasteiger partial charge is 0.507 e. The van der Waals surface area contributed by atoms with Crippen molar-refractivity contribution < 1.29 is 19.7 Å². The Balaban J connectivity index is 1.99. The van der Waals surface area contributed by atoms with Gasteiger partial charge in [0.05, 0.1) is 23.5 Å². The zero-order valence-electron chi connectivity index (χ0n) is 15.8. The second-order valence-electron chi connectivity index (χ2n) is 6.06. The van der Waals surface area contributed by atoms with Gasteiger partial charge in [-0.1, -0.05) is 24.3 Å². The van der Waals surface area contributed by atoms with E-state index in [4.69, 9.17) is 4.74 Å². The number of carbonyl (C=O) groups is 1. The highest BCUT2D eigenvalue weighted by Gasteiger charge is 2.10. The number of aliphatic imine (C=N–C) groups is 2. The van der Waals surface area contributed by atoms with Crippen molar-refractivity contribution in [3.8, 4) is 11.5 Å². The number of phenolic OH excluding ortho intramolecular Hbond substituents is 2. The van der Waals surface area contributed by atoms with Gasteiger partial charge < -0.3 is 14.9 Å². The Morgan fingerprint density at radius 1 is 0.862 bits per heavy atom. The van der Waals surface area contributed by atoms with E-state index in [-0.39, 0.29) is 18.1 Å². The molecule has 0 amide bonds. The van der Waals surface area contributed by atoms with Gasteiger partial charge in [0, 0.05) is 23.6 Å². The average molecular weight is 388 g/mol. The first-order valence-corrected chi connectivity index (χ1v) is 9.03. The molecule has 0 aliphatic rings. The van der Waals surface area contributed by atoms with Crippen LogP contribution in [0.15, 0.2) is 76.7 Å². The SMILES string of the molecule is CCOC(=O)c1ccc(N=Cc2ccccc2O)c(N=Cc2ccccc2O)c1. The van der Waals surface area contributed by atoms with Gasteiger partial charge in [-0.3, -0.25) is 9.98 Å². The molecule has 0 radical (unpaired) electrons. The maximum absolute atomic E-state index is 12.1. The Labute approximate surface area is 168 Å². The van der Waals surface area contributed by atoms with E-state index in [0.29, 0.717) is 28.1 Å². The number of nitrogens with zero attached hydrogens (tertiary/aromatic N) is 2. The second kappa shape index (κ2) is 9.32. The van der Waals surface area contributed by atoms with E-state index in [1.54, 1.807) is 73.7 Å². The fourth-order valence-corrected chi connectivity index (χ4v) is 2.55. The lowest BCUT2D eigenvalue weighted by Crippen LogP contribution is -2.04. The molecule has 2 N–H and O–H groups in total. The molecule has 3 aromatic rings. The van der Waals surface area contributed by atoms with E-state index in [0.717, 1.165) is 0 Å². The molecule has 0 heterocycles. The molecule has 3 rings (SSSR count). The molecule has 0 aliphatic carbocycles. The molecule has 0 saturated heterocycles. The molecule has 0 aliphatic heterocycles. The summed E-state index contributed by atoms with van der Waals surface area (Å²) in [5.41, 5.74) is 2.35. The number of esters is 1. The number of aromatic hydroxyl groups is 2. The number of phenols is 2. The van der Waals surface area contributed by atoms with Crippen molar-refractivity contribution in [3.63, 3.8) is 0 Å². The van der Waals surface area contributed by atoms with Crippen molar-refractivity contribution in [2.24, 2.45) is 9.98 Å². The molecule has 0 bridgehead atoms. The molecule has 0 saturated carbocycles. The fourth-order valence-electron chi connectivity index (χ4n) is 2.55. The zero-order valence-corrected chi connectivity index (χ0v) is 15.8. The molecule has 146 valence electrons. The van der Waals surface area contributed by atoms with Crippen LogP contribution in [-0.4, -0.2) is 35.2 Å². The number of carbonyl (C=O) groups excluding carboxylic acids is 1. The molecule has 0 aromatic heterocycles. The van der Waals surface area contributed by atoms with Gasteiger partial charge in [0.15, 0.2) is 0 Å². The topological polar surface area (TPSA) is 91.5 Å². The smallest absolute Gasteiger partial charge is 0.338 e. The Hall–Kier alpha value is -3.93. The summed E-state index contributed by atoms with van der Waals surface area (Å²) < 4.78 is 5.05. The Morgan fingerprint density at radius 2 is 1.41 bits per heavy atom. The van der Waals surface area contributed by atoms with Gasteiger partial charge in [-0.25, -0.2) is 4.79 Å². The molecule has 29 heavy (non-hydrogen) atoms. The van der Waals surface area contributed by atoms with Gasteiger partial charge >= 0.3 is 5.97 Å². The molecular formula is C23H20N2O4. The summed E-state index contributed by atoms with van der Waals surface area (Å²) in [5, 5.41) is 19.8. The van der Waals surface area contributed by atoms with Crippen molar-refractivity contribution >= 4 is 29.8 Å². The van der Waals surface area contributed by atoms with Crippen LogP contribution in [0, 0.1) is 0 Å². The molecular weight excluding hydrogens is 368 g/mol. The second-order valence-corrected chi connectivity index (χ2v) is 6.06. The molecule has 6 heteroatoms. The van der Waals surface area contributed by atoms with Gasteiger partial charge in [-0.15, -0.1) is 0 Å². The molecule has 0 fully saturated rings. The van der Waals surface area contributed by atoms with Crippen molar-refractivity contribution in [2.45, 2.75) is 6.92 Å². The quantitative estimate of drug-likeness (QED) is 0.470. The number of benzene rings is 3. The lowest BCUT2D eigenvalue weighted by atomic mass is 10.1. The lowest BCUT2D eigenvalue weighted by molar-refractivity contribution is 0.0526. The van der Waals surface area contributed by atoms with Gasteiger partial charge in [-0.2, -0.15) is 0 Å². The van der Waals surface area contributed by atoms with Crippen LogP contribution < -0.4 is 0 Å². The van der Waals surface area contributed by atoms with E-state index in [2.05, 4.69) is 9.98 Å². The van der Waals surface area contributed by atoms with Crippen LogP contribution >= 0.6 is 0 Å². The average Bonchev–Trinajstić information content (AvgIpc) is 2.73. The monoisotopic (exact) mass is 388 g/mol. The number of para-hydroxylation sites is 2. The first-order valence-electron chi connectivity index (χ1n) is 9.03. The van der Waals surface area contributed by atoms with Crippen LogP contribution in [0.3, 0.4) is 0 Å². The van der Waals surface area contributed by atoms with Crippen molar-refractivity contribution in [2.75, 3.05) is 6.61 Å². The first-order chi connectivity index (χ1) is 14.1. The van der Waals surface area contributed by atoms with Crippen LogP contribution in [0.2, 0.25) is 0 Å². The van der Waals surface area contributed by atoms with E-state index in [1.165, 1.54) is 12.4 Å². The Bertz CT molecular complexity index is 1070. The van der Waals surface area contributed by atoms with Crippen molar-refractivity contribution in [1.82, 2.24) is 0 Å². The number of ether oxygens (including phenoxy) is 1. The summed E-state index contributed by atoms with van der Waals surface area (Å²) in [6.45, 7) is 2.00. The van der Waals surface area contributed by atoms with Gasteiger partial charge in [0.1, 0.15) is 11.5 Å². The van der Waals surface area contributed by atoms with E-state index in [1.807, 2.05) is 0 Å². The third-order valence-electron chi connectivity index (χ3n) is 4.05. The third kappa shape index (κ3) is 5.07. The fraction of sp³-hybridized carbons (Fsp3) is 0.0870. The third-order valence-corrected chi connectivity index (χ3v) is 4.05. The number of rotatable bonds is 6. The summed E-state index contributed by atoms with van der Waals surface area (Å²) in [6.07, 6.45) is 3.02. The first kappa shape index (κ1) is 19.8. The maximum atomic E-state index is 12.1. The molecule has 0 atom stereocenters. The van der Waals surface area contributed by atoms with Crippen molar-refractivity contribution in [1.29, 1.82) is 0 Å². The summed E-state index contributed by atoms with van der Waals surface area (Å²) in [6, 6.07) is 18.4. The predicted octanol–water partition coefficient (Wildman–Crippen LogP) is 4.78. The lowest BCUT2D eigenvalue weighted by Gasteiger charge is -2.06. The minimum Gasteiger partial charge on any atom is -0.507 e. The number of hydrogen-bond acceptors (Lipinski definition) is 6. The minimum absolute atomic E-state index is 0.0945. The molecule has 0 unspecified atom stereocenters. The van der Waals surface area contributed by atoms with E-state index >= 15 is 0 Å². The summed E-state index contributed by atoms with van der Waals surface area (Å²) >= 11 is 0. The van der Waals surface area contributed by atoms with Crippen molar-refractivity contribution in [3.05, 3.63) is 83.4 Å². The van der Waals surface area contributed by atoms with Crippen LogP contribution in [0.25, 0.3) is 0 Å². The highest BCUT2D eigenvalue weighted by Crippen LogP contribution is 2.30. The highest BCUT2D eigenvalue weighted by atomic mass is 16.5. The van der Waals surface area contributed by atoms with Crippen LogP contribution in [0.1, 0.15) is 28.4 Å². The normalized spacial score (nSPS) is 11.2. The van der Waals surface area contributed by atoms with Gasteiger partial charge in [0.25, 0.3) is 0 Å². The molecule has 6 nitrogen and oxygen atoms in total. The van der Waals surface area contributed by atoms with E-state index < -0.39 is 5.97 Å². The standard InChI is InChI=1S/C23H20N2O4/c1-2-29-23(28)16-11-12-19(24-14-17-7-3-5-9-21(17)26)20(13-16)25-15-18-8-4-6-10-22(18)27/h3-15,26-27H,2H2,1H3. The zero-order chi connectivity index (χ0) is 20.6. The predicted molar refractivity (Wildman–Crippen MR) is 113 cm³/mol. The van der Waals surface area contributed by atoms with Gasteiger partial charge in [0.2, 0.25) is 0 Å². The summed E-state index contributed by atoms with van der Waals surface area (Å²) in [4.78, 5) is 20.9. The van der Waals surface area contributed by atoms with Crippen LogP contribution in [0.5, 0.6) is 11.5 Å². The number of hydrogen-bond donors (Lipinski definition) is 2. The Kier molecular flexibility index (Phi) is 6.37. The maximum Gasteiger partial charge on any atom is 0.338 e. The molecule has 3 aromatic carbocycles. The summed E-state index contributed by atoms with van der Waals surface area (Å²) in [5.74, 6) is -0.251.